The Morgan fingerprint density at radius 1 is 1.25 bits per heavy atom. The van der Waals surface area contributed by atoms with Crippen LogP contribution in [-0.2, 0) is 6.42 Å². The summed E-state index contributed by atoms with van der Waals surface area (Å²) in [5, 5.41) is 3.32. The lowest BCUT2D eigenvalue weighted by Crippen LogP contribution is -2.26. The van der Waals surface area contributed by atoms with Crippen molar-refractivity contribution in [2.24, 2.45) is 0 Å². The smallest absolute Gasteiger partial charge is 0.146 e. The van der Waals surface area contributed by atoms with E-state index in [1.807, 2.05) is 12.1 Å². The fraction of sp³-hybridized carbons (Fsp3) is 0.333. The minimum absolute atomic E-state index is 0.206. The maximum Gasteiger partial charge on any atom is 0.146 e. The highest BCUT2D eigenvalue weighted by molar-refractivity contribution is 5.39. The van der Waals surface area contributed by atoms with Crippen molar-refractivity contribution in [2.75, 3.05) is 12.3 Å². The average molecular weight is 274 g/mol. The van der Waals surface area contributed by atoms with E-state index in [4.69, 9.17) is 5.73 Å². The molecule has 106 valence electrons. The van der Waals surface area contributed by atoms with Crippen LogP contribution in [0.1, 0.15) is 30.6 Å². The van der Waals surface area contributed by atoms with Crippen molar-refractivity contribution in [2.45, 2.75) is 25.8 Å². The van der Waals surface area contributed by atoms with E-state index in [2.05, 4.69) is 22.2 Å². The molecule has 3 N–H and O–H groups in total. The Balaban J connectivity index is 2.24. The van der Waals surface area contributed by atoms with Crippen molar-refractivity contribution >= 4 is 5.82 Å². The number of hydrogen-bond acceptors (Lipinski definition) is 4. The Bertz CT molecular complexity index is 559. The molecule has 0 aliphatic carbocycles. The van der Waals surface area contributed by atoms with Gasteiger partial charge in [-0.25, -0.2) is 9.37 Å². The highest BCUT2D eigenvalue weighted by Crippen LogP contribution is 2.21. The van der Waals surface area contributed by atoms with E-state index in [1.54, 1.807) is 18.5 Å². The van der Waals surface area contributed by atoms with Gasteiger partial charge in [-0.3, -0.25) is 4.98 Å². The van der Waals surface area contributed by atoms with Crippen LogP contribution in [0.2, 0.25) is 0 Å². The van der Waals surface area contributed by atoms with Gasteiger partial charge in [0.15, 0.2) is 0 Å². The number of anilines is 1. The van der Waals surface area contributed by atoms with Crippen LogP contribution < -0.4 is 11.1 Å². The predicted octanol–water partition coefficient (Wildman–Crippen LogP) is 2.48. The molecule has 0 amide bonds. The molecule has 0 fully saturated rings. The highest BCUT2D eigenvalue weighted by Gasteiger charge is 2.18. The van der Waals surface area contributed by atoms with Crippen LogP contribution in [0.4, 0.5) is 10.2 Å². The molecular formula is C15H19FN4. The first-order valence-corrected chi connectivity index (χ1v) is 6.75. The topological polar surface area (TPSA) is 63.8 Å². The van der Waals surface area contributed by atoms with Gasteiger partial charge in [-0.1, -0.05) is 13.0 Å². The van der Waals surface area contributed by atoms with Gasteiger partial charge in [0.25, 0.3) is 0 Å². The fourth-order valence-electron chi connectivity index (χ4n) is 2.08. The molecule has 2 aromatic rings. The van der Waals surface area contributed by atoms with Crippen LogP contribution >= 0.6 is 0 Å². The Morgan fingerprint density at radius 3 is 2.70 bits per heavy atom. The van der Waals surface area contributed by atoms with Crippen molar-refractivity contribution in [1.82, 2.24) is 15.3 Å². The molecule has 20 heavy (non-hydrogen) atoms. The summed E-state index contributed by atoms with van der Waals surface area (Å²) < 4.78 is 13.9. The van der Waals surface area contributed by atoms with Crippen molar-refractivity contribution in [3.05, 3.63) is 53.7 Å². The molecule has 2 aromatic heterocycles. The average Bonchev–Trinajstić information content (AvgIpc) is 2.46. The van der Waals surface area contributed by atoms with Gasteiger partial charge < -0.3 is 11.1 Å². The third-order valence-corrected chi connectivity index (χ3v) is 3.11. The molecular weight excluding hydrogens is 255 g/mol. The maximum atomic E-state index is 13.9. The Morgan fingerprint density at radius 2 is 2.00 bits per heavy atom. The number of halogens is 1. The molecule has 0 aliphatic rings. The molecule has 0 saturated carbocycles. The second kappa shape index (κ2) is 6.96. The first-order valence-electron chi connectivity index (χ1n) is 6.75. The van der Waals surface area contributed by atoms with Crippen LogP contribution in [-0.4, -0.2) is 16.5 Å². The van der Waals surface area contributed by atoms with Crippen LogP contribution in [0.25, 0.3) is 0 Å². The van der Waals surface area contributed by atoms with Crippen LogP contribution in [0, 0.1) is 5.82 Å². The Kier molecular flexibility index (Phi) is 5.01. The van der Waals surface area contributed by atoms with E-state index in [0.29, 0.717) is 17.9 Å². The summed E-state index contributed by atoms with van der Waals surface area (Å²) >= 11 is 0. The molecule has 0 aliphatic heterocycles. The lowest BCUT2D eigenvalue weighted by Gasteiger charge is -2.19. The van der Waals surface area contributed by atoms with E-state index in [9.17, 15) is 4.39 Å². The molecule has 0 saturated heterocycles. The van der Waals surface area contributed by atoms with Gasteiger partial charge in [-0.05, 0) is 43.1 Å². The van der Waals surface area contributed by atoms with Crippen molar-refractivity contribution in [3.63, 3.8) is 0 Å². The minimum Gasteiger partial charge on any atom is -0.383 e. The molecule has 0 spiro atoms. The van der Waals surface area contributed by atoms with E-state index >= 15 is 0 Å². The van der Waals surface area contributed by atoms with Gasteiger partial charge in [-0.15, -0.1) is 0 Å². The van der Waals surface area contributed by atoms with Gasteiger partial charge >= 0.3 is 0 Å². The summed E-state index contributed by atoms with van der Waals surface area (Å²) in [6, 6.07) is 6.55. The first kappa shape index (κ1) is 14.4. The van der Waals surface area contributed by atoms with Crippen LogP contribution in [0.5, 0.6) is 0 Å². The normalized spacial score (nSPS) is 12.3. The lowest BCUT2D eigenvalue weighted by molar-refractivity contribution is 0.483. The first-order chi connectivity index (χ1) is 9.72. The summed E-state index contributed by atoms with van der Waals surface area (Å²) in [4.78, 5) is 8.22. The zero-order valence-corrected chi connectivity index (χ0v) is 11.5. The predicted molar refractivity (Wildman–Crippen MR) is 77.6 cm³/mol. The van der Waals surface area contributed by atoms with E-state index in [0.717, 1.165) is 18.5 Å². The third-order valence-electron chi connectivity index (χ3n) is 3.11. The number of nitrogens with zero attached hydrogens (tertiary/aromatic N) is 2. The summed E-state index contributed by atoms with van der Waals surface area (Å²) in [6.45, 7) is 2.86. The number of nitrogens with one attached hydrogen (secondary N) is 1. The van der Waals surface area contributed by atoms with Crippen molar-refractivity contribution < 1.29 is 4.39 Å². The standard InChI is InChI=1S/C15H19FN4/c1-2-7-18-13(14-12(16)6-4-8-19-14)10-11-5-3-9-20-15(11)17/h3-6,8-9,13,18H,2,7,10H2,1H3,(H2,17,20). The fourth-order valence-corrected chi connectivity index (χ4v) is 2.08. The largest absolute Gasteiger partial charge is 0.383 e. The molecule has 0 bridgehead atoms. The van der Waals surface area contributed by atoms with Gasteiger partial charge in [0.1, 0.15) is 11.6 Å². The molecule has 1 atom stereocenters. The van der Waals surface area contributed by atoms with Gasteiger partial charge in [-0.2, -0.15) is 0 Å². The summed E-state index contributed by atoms with van der Waals surface area (Å²) in [5.41, 5.74) is 7.18. The molecule has 1 unspecified atom stereocenters. The number of pyridine rings is 2. The third kappa shape index (κ3) is 3.51. The lowest BCUT2D eigenvalue weighted by atomic mass is 10.0. The molecule has 2 heterocycles. The molecule has 4 nitrogen and oxygen atoms in total. The number of nitrogen functional groups attached to an aromatic ring is 1. The zero-order chi connectivity index (χ0) is 14.4. The van der Waals surface area contributed by atoms with Gasteiger partial charge in [0.2, 0.25) is 0 Å². The molecule has 5 heteroatoms. The van der Waals surface area contributed by atoms with Crippen molar-refractivity contribution in [3.8, 4) is 0 Å². The highest BCUT2D eigenvalue weighted by atomic mass is 19.1. The molecule has 2 rings (SSSR count). The van der Waals surface area contributed by atoms with E-state index < -0.39 is 0 Å². The summed E-state index contributed by atoms with van der Waals surface area (Å²) in [5.74, 6) is 0.177. The monoisotopic (exact) mass is 274 g/mol. The molecule has 0 aromatic carbocycles. The van der Waals surface area contributed by atoms with E-state index in [-0.39, 0.29) is 11.9 Å². The maximum absolute atomic E-state index is 13.9. The molecule has 0 radical (unpaired) electrons. The van der Waals surface area contributed by atoms with Crippen LogP contribution in [0.3, 0.4) is 0 Å². The summed E-state index contributed by atoms with van der Waals surface area (Å²) in [6.07, 6.45) is 4.78. The number of rotatable bonds is 6. The number of aromatic nitrogens is 2. The van der Waals surface area contributed by atoms with Crippen molar-refractivity contribution in [1.29, 1.82) is 0 Å². The second-order valence-corrected chi connectivity index (χ2v) is 4.63. The van der Waals surface area contributed by atoms with Crippen LogP contribution in [0.15, 0.2) is 36.7 Å². The Hall–Kier alpha value is -2.01. The SMILES string of the molecule is CCCNC(Cc1cccnc1N)c1ncccc1F. The number of nitrogens with two attached hydrogens (primary N) is 1. The number of hydrogen-bond donors (Lipinski definition) is 2. The minimum atomic E-state index is -0.302. The van der Waals surface area contributed by atoms with Gasteiger partial charge in [0.05, 0.1) is 11.7 Å². The summed E-state index contributed by atoms with van der Waals surface area (Å²) in [7, 11) is 0. The van der Waals surface area contributed by atoms with Gasteiger partial charge in [0, 0.05) is 12.4 Å². The zero-order valence-electron chi connectivity index (χ0n) is 11.5. The van der Waals surface area contributed by atoms with E-state index in [1.165, 1.54) is 6.07 Å². The quantitative estimate of drug-likeness (QED) is 0.849. The Labute approximate surface area is 118 Å². The second-order valence-electron chi connectivity index (χ2n) is 4.63.